The Labute approximate surface area is 110 Å². The van der Waals surface area contributed by atoms with Crippen molar-refractivity contribution in [1.29, 1.82) is 0 Å². The van der Waals surface area contributed by atoms with Gasteiger partial charge in [0.2, 0.25) is 0 Å². The van der Waals surface area contributed by atoms with E-state index < -0.39 is 10.8 Å². The van der Waals surface area contributed by atoms with E-state index in [0.717, 1.165) is 5.75 Å². The third-order valence-electron chi connectivity index (χ3n) is 2.36. The van der Waals surface area contributed by atoms with E-state index in [2.05, 4.69) is 4.74 Å². The largest absolute Gasteiger partial charge is 0.493 e. The second-order valence-electron chi connectivity index (χ2n) is 3.90. The fraction of sp³-hybridized carbons (Fsp3) is 0.462. The number of rotatable bonds is 7. The van der Waals surface area contributed by atoms with Crippen LogP contribution >= 0.6 is 0 Å². The SMILES string of the molecule is COC(=O)C(C)CS(=O)CCOc1ccccc1. The minimum absolute atomic E-state index is 0.310. The van der Waals surface area contributed by atoms with Crippen molar-refractivity contribution in [2.75, 3.05) is 25.2 Å². The highest BCUT2D eigenvalue weighted by molar-refractivity contribution is 7.85. The Morgan fingerprint density at radius 1 is 1.33 bits per heavy atom. The van der Waals surface area contributed by atoms with E-state index in [1.165, 1.54) is 7.11 Å². The van der Waals surface area contributed by atoms with Gasteiger partial charge >= 0.3 is 5.97 Å². The van der Waals surface area contributed by atoms with Gasteiger partial charge in [0.15, 0.2) is 0 Å². The number of ether oxygens (including phenoxy) is 2. The second-order valence-corrected chi connectivity index (χ2v) is 5.52. The summed E-state index contributed by atoms with van der Waals surface area (Å²) >= 11 is 0. The topological polar surface area (TPSA) is 52.6 Å². The summed E-state index contributed by atoms with van der Waals surface area (Å²) in [6.07, 6.45) is 0. The molecule has 0 spiro atoms. The Morgan fingerprint density at radius 2 is 2.00 bits per heavy atom. The van der Waals surface area contributed by atoms with Crippen molar-refractivity contribution in [3.8, 4) is 5.75 Å². The van der Waals surface area contributed by atoms with Crippen molar-refractivity contribution in [3.63, 3.8) is 0 Å². The van der Waals surface area contributed by atoms with E-state index in [9.17, 15) is 9.00 Å². The number of methoxy groups -OCH3 is 1. The van der Waals surface area contributed by atoms with Gasteiger partial charge in [-0.25, -0.2) is 0 Å². The maximum atomic E-state index is 11.7. The molecule has 18 heavy (non-hydrogen) atoms. The Morgan fingerprint density at radius 3 is 2.61 bits per heavy atom. The van der Waals surface area contributed by atoms with Crippen LogP contribution in [0.5, 0.6) is 5.75 Å². The number of esters is 1. The van der Waals surface area contributed by atoms with Gasteiger partial charge < -0.3 is 9.47 Å². The third kappa shape index (κ3) is 5.31. The van der Waals surface area contributed by atoms with Crippen LogP contribution in [0.2, 0.25) is 0 Å². The molecule has 0 saturated carbocycles. The van der Waals surface area contributed by atoms with E-state index >= 15 is 0 Å². The van der Waals surface area contributed by atoms with Crippen LogP contribution in [-0.2, 0) is 20.3 Å². The molecule has 0 amide bonds. The molecular formula is C13H18O4S. The molecule has 0 aromatic heterocycles. The first-order chi connectivity index (χ1) is 8.63. The Balaban J connectivity index is 2.23. The molecule has 1 aromatic rings. The number of para-hydroxylation sites is 1. The summed E-state index contributed by atoms with van der Waals surface area (Å²) in [6, 6.07) is 9.36. The van der Waals surface area contributed by atoms with Crippen LogP contribution in [0.1, 0.15) is 6.92 Å². The zero-order valence-electron chi connectivity index (χ0n) is 10.6. The normalized spacial score (nSPS) is 13.7. The average Bonchev–Trinajstić information content (AvgIpc) is 2.38. The van der Waals surface area contributed by atoms with Crippen LogP contribution in [0.25, 0.3) is 0 Å². The number of hydrogen-bond acceptors (Lipinski definition) is 4. The first-order valence-corrected chi connectivity index (χ1v) is 7.23. The molecule has 0 bridgehead atoms. The van der Waals surface area contributed by atoms with Crippen molar-refractivity contribution >= 4 is 16.8 Å². The monoisotopic (exact) mass is 270 g/mol. The van der Waals surface area contributed by atoms with Gasteiger partial charge in [0.05, 0.1) is 25.4 Å². The van der Waals surface area contributed by atoms with Crippen LogP contribution in [0.15, 0.2) is 30.3 Å². The summed E-state index contributed by atoms with van der Waals surface area (Å²) in [6.45, 7) is 2.09. The highest BCUT2D eigenvalue weighted by atomic mass is 32.2. The van der Waals surface area contributed by atoms with E-state index in [-0.39, 0.29) is 11.9 Å². The smallest absolute Gasteiger partial charge is 0.309 e. The first kappa shape index (κ1) is 14.7. The summed E-state index contributed by atoms with van der Waals surface area (Å²) in [5.74, 6) is 0.816. The van der Waals surface area contributed by atoms with Crippen LogP contribution in [-0.4, -0.2) is 35.4 Å². The molecule has 0 aliphatic heterocycles. The Kier molecular flexibility index (Phi) is 6.43. The van der Waals surface area contributed by atoms with Crippen molar-refractivity contribution in [3.05, 3.63) is 30.3 Å². The molecule has 0 aliphatic rings. The van der Waals surface area contributed by atoms with Gasteiger partial charge in [-0.05, 0) is 12.1 Å². The lowest BCUT2D eigenvalue weighted by molar-refractivity contribution is -0.144. The molecule has 0 radical (unpaired) electrons. The second kappa shape index (κ2) is 7.87. The Bertz CT molecular complexity index is 391. The van der Waals surface area contributed by atoms with Crippen molar-refractivity contribution in [1.82, 2.24) is 0 Å². The van der Waals surface area contributed by atoms with Crippen LogP contribution < -0.4 is 4.74 Å². The molecule has 0 N–H and O–H groups in total. The molecular weight excluding hydrogens is 252 g/mol. The predicted octanol–water partition coefficient (Wildman–Crippen LogP) is 1.62. The van der Waals surface area contributed by atoms with E-state index in [1.54, 1.807) is 6.92 Å². The summed E-state index contributed by atoms with van der Waals surface area (Å²) in [5, 5.41) is 0. The zero-order chi connectivity index (χ0) is 13.4. The number of hydrogen-bond donors (Lipinski definition) is 0. The maximum absolute atomic E-state index is 11.7. The molecule has 1 aromatic carbocycles. The average molecular weight is 270 g/mol. The van der Waals surface area contributed by atoms with Gasteiger partial charge in [-0.3, -0.25) is 9.00 Å². The van der Waals surface area contributed by atoms with E-state index in [4.69, 9.17) is 4.74 Å². The zero-order valence-corrected chi connectivity index (χ0v) is 11.4. The summed E-state index contributed by atoms with van der Waals surface area (Å²) in [7, 11) is 0.262. The van der Waals surface area contributed by atoms with E-state index in [0.29, 0.717) is 18.1 Å². The van der Waals surface area contributed by atoms with Crippen LogP contribution in [0, 0.1) is 5.92 Å². The highest BCUT2D eigenvalue weighted by Gasteiger charge is 2.16. The van der Waals surface area contributed by atoms with Crippen LogP contribution in [0.4, 0.5) is 0 Å². The van der Waals surface area contributed by atoms with Gasteiger partial charge in [0.1, 0.15) is 5.75 Å². The number of benzene rings is 1. The molecule has 5 heteroatoms. The molecule has 0 fully saturated rings. The minimum Gasteiger partial charge on any atom is -0.493 e. The van der Waals surface area contributed by atoms with Gasteiger partial charge in [0.25, 0.3) is 0 Å². The van der Waals surface area contributed by atoms with E-state index in [1.807, 2.05) is 30.3 Å². The van der Waals surface area contributed by atoms with Crippen molar-refractivity contribution < 1.29 is 18.5 Å². The van der Waals surface area contributed by atoms with Gasteiger partial charge in [0, 0.05) is 16.6 Å². The maximum Gasteiger partial charge on any atom is 0.309 e. The van der Waals surface area contributed by atoms with Gasteiger partial charge in [-0.1, -0.05) is 25.1 Å². The quantitative estimate of drug-likeness (QED) is 0.707. The van der Waals surface area contributed by atoms with Crippen LogP contribution in [0.3, 0.4) is 0 Å². The number of carbonyl (C=O) groups excluding carboxylic acids is 1. The molecule has 1 rings (SSSR count). The summed E-state index contributed by atoms with van der Waals surface area (Å²) in [5.41, 5.74) is 0. The Hall–Kier alpha value is -1.36. The predicted molar refractivity (Wildman–Crippen MR) is 71.0 cm³/mol. The lowest BCUT2D eigenvalue weighted by atomic mass is 10.2. The molecule has 2 atom stereocenters. The molecule has 4 nitrogen and oxygen atoms in total. The van der Waals surface area contributed by atoms with Gasteiger partial charge in [-0.15, -0.1) is 0 Å². The van der Waals surface area contributed by atoms with Crippen molar-refractivity contribution in [2.24, 2.45) is 5.92 Å². The lowest BCUT2D eigenvalue weighted by Gasteiger charge is -2.09. The molecule has 2 unspecified atom stereocenters. The van der Waals surface area contributed by atoms with Crippen molar-refractivity contribution in [2.45, 2.75) is 6.92 Å². The molecule has 100 valence electrons. The summed E-state index contributed by atoms with van der Waals surface area (Å²) < 4.78 is 21.7. The minimum atomic E-state index is -1.07. The molecule has 0 heterocycles. The number of carbonyl (C=O) groups is 1. The highest BCUT2D eigenvalue weighted by Crippen LogP contribution is 2.08. The van der Waals surface area contributed by atoms with Gasteiger partial charge in [-0.2, -0.15) is 0 Å². The fourth-order valence-corrected chi connectivity index (χ4v) is 2.53. The summed E-state index contributed by atoms with van der Waals surface area (Å²) in [4.78, 5) is 11.2. The fourth-order valence-electron chi connectivity index (χ4n) is 1.40. The third-order valence-corrected chi connectivity index (χ3v) is 3.86. The molecule has 0 aliphatic carbocycles. The first-order valence-electron chi connectivity index (χ1n) is 5.74. The molecule has 0 saturated heterocycles. The standard InChI is InChI=1S/C13H18O4S/c1-11(13(14)16-2)10-18(15)9-8-17-12-6-4-3-5-7-12/h3-7,11H,8-10H2,1-2H3. The lowest BCUT2D eigenvalue weighted by Crippen LogP contribution is -2.22.